The standard InChI is InChI=1S/C17H25N3O2.2ClH/c21-20(22)16-8-6-15(7-9-16)17(14-4-2-1-3-5-14)19-12-10-18-11-13-19;;/h6-9,14,17-18H,1-5,10-13H2;2*1H/t17-;;/m0../s1. The molecule has 1 saturated heterocycles. The molecule has 0 radical (unpaired) electrons. The largest absolute Gasteiger partial charge is 0.314 e. The lowest BCUT2D eigenvalue weighted by atomic mass is 9.80. The number of hydrogen-bond acceptors (Lipinski definition) is 4. The van der Waals surface area contributed by atoms with E-state index in [1.54, 1.807) is 12.1 Å². The lowest BCUT2D eigenvalue weighted by molar-refractivity contribution is -0.384. The highest BCUT2D eigenvalue weighted by molar-refractivity contribution is 5.85. The molecule has 1 atom stereocenters. The van der Waals surface area contributed by atoms with Crippen LogP contribution in [0.5, 0.6) is 0 Å². The Hall–Kier alpha value is -0.880. The molecular formula is C17H27Cl2N3O2. The molecule has 2 fully saturated rings. The Balaban J connectivity index is 0.00000144. The van der Waals surface area contributed by atoms with Gasteiger partial charge in [0.1, 0.15) is 0 Å². The van der Waals surface area contributed by atoms with Crippen LogP contribution in [0, 0.1) is 16.0 Å². The fourth-order valence-electron chi connectivity index (χ4n) is 3.98. The minimum absolute atomic E-state index is 0. The zero-order chi connectivity index (χ0) is 15.4. The van der Waals surface area contributed by atoms with Gasteiger partial charge in [-0.2, -0.15) is 0 Å². The fraction of sp³-hybridized carbons (Fsp3) is 0.647. The molecular weight excluding hydrogens is 349 g/mol. The van der Waals surface area contributed by atoms with Crippen molar-refractivity contribution < 1.29 is 4.92 Å². The Morgan fingerprint density at radius 2 is 1.62 bits per heavy atom. The molecule has 2 aliphatic rings. The van der Waals surface area contributed by atoms with Crippen molar-refractivity contribution in [3.63, 3.8) is 0 Å². The third-order valence-corrected chi connectivity index (χ3v) is 5.09. The van der Waals surface area contributed by atoms with E-state index in [-0.39, 0.29) is 35.4 Å². The number of non-ortho nitro benzene ring substituents is 1. The smallest absolute Gasteiger partial charge is 0.269 e. The summed E-state index contributed by atoms with van der Waals surface area (Å²) in [5, 5.41) is 14.3. The summed E-state index contributed by atoms with van der Waals surface area (Å²) in [6.45, 7) is 4.21. The summed E-state index contributed by atoms with van der Waals surface area (Å²) in [6, 6.07) is 7.68. The van der Waals surface area contributed by atoms with Gasteiger partial charge in [0.15, 0.2) is 0 Å². The molecule has 1 heterocycles. The second-order valence-corrected chi connectivity index (χ2v) is 6.48. The molecule has 1 aromatic rings. The summed E-state index contributed by atoms with van der Waals surface area (Å²) >= 11 is 0. The summed E-state index contributed by atoms with van der Waals surface area (Å²) in [5.41, 5.74) is 1.44. The number of nitro benzene ring substituents is 1. The van der Waals surface area contributed by atoms with Crippen LogP contribution < -0.4 is 5.32 Å². The molecule has 1 saturated carbocycles. The van der Waals surface area contributed by atoms with Gasteiger partial charge < -0.3 is 5.32 Å². The number of hydrogen-bond donors (Lipinski definition) is 1. The van der Waals surface area contributed by atoms with Gasteiger partial charge in [-0.3, -0.25) is 15.0 Å². The SMILES string of the molecule is Cl.Cl.O=[N+]([O-])c1ccc([C@H](C2CCCCC2)N2CCNCC2)cc1. The molecule has 1 N–H and O–H groups in total. The molecule has 0 amide bonds. The molecule has 136 valence electrons. The first-order valence-corrected chi connectivity index (χ1v) is 8.45. The van der Waals surface area contributed by atoms with Crippen LogP contribution >= 0.6 is 24.8 Å². The van der Waals surface area contributed by atoms with Gasteiger partial charge in [-0.15, -0.1) is 24.8 Å². The summed E-state index contributed by atoms with van der Waals surface area (Å²) in [6.07, 6.45) is 6.56. The topological polar surface area (TPSA) is 58.4 Å². The summed E-state index contributed by atoms with van der Waals surface area (Å²) in [7, 11) is 0. The van der Waals surface area contributed by atoms with Gasteiger partial charge in [-0.05, 0) is 24.3 Å². The summed E-state index contributed by atoms with van der Waals surface area (Å²) < 4.78 is 0. The summed E-state index contributed by atoms with van der Waals surface area (Å²) in [4.78, 5) is 13.1. The number of nitrogens with zero attached hydrogens (tertiary/aromatic N) is 2. The number of piperazine rings is 1. The predicted molar refractivity (Wildman–Crippen MR) is 101 cm³/mol. The van der Waals surface area contributed by atoms with E-state index in [2.05, 4.69) is 10.2 Å². The van der Waals surface area contributed by atoms with Crippen LogP contribution in [-0.4, -0.2) is 36.0 Å². The third-order valence-electron chi connectivity index (χ3n) is 5.09. The van der Waals surface area contributed by atoms with Crippen molar-refractivity contribution in [1.82, 2.24) is 10.2 Å². The molecule has 0 unspecified atom stereocenters. The lowest BCUT2D eigenvalue weighted by Crippen LogP contribution is -2.47. The molecule has 7 heteroatoms. The van der Waals surface area contributed by atoms with Crippen LogP contribution in [-0.2, 0) is 0 Å². The minimum Gasteiger partial charge on any atom is -0.314 e. The summed E-state index contributed by atoms with van der Waals surface area (Å²) in [5.74, 6) is 0.688. The Kier molecular flexibility index (Phi) is 8.98. The van der Waals surface area contributed by atoms with Crippen molar-refractivity contribution in [2.24, 2.45) is 5.92 Å². The van der Waals surface area contributed by atoms with E-state index in [0.717, 1.165) is 26.2 Å². The average molecular weight is 376 g/mol. The molecule has 3 rings (SSSR count). The Labute approximate surface area is 156 Å². The second-order valence-electron chi connectivity index (χ2n) is 6.48. The molecule has 0 spiro atoms. The van der Waals surface area contributed by atoms with Gasteiger partial charge in [-0.25, -0.2) is 0 Å². The van der Waals surface area contributed by atoms with Crippen molar-refractivity contribution in [2.75, 3.05) is 26.2 Å². The quantitative estimate of drug-likeness (QED) is 0.638. The number of benzene rings is 1. The zero-order valence-electron chi connectivity index (χ0n) is 13.9. The molecule has 5 nitrogen and oxygen atoms in total. The molecule has 24 heavy (non-hydrogen) atoms. The van der Waals surface area contributed by atoms with E-state index in [9.17, 15) is 10.1 Å². The molecule has 1 aliphatic carbocycles. The van der Waals surface area contributed by atoms with E-state index in [0.29, 0.717) is 12.0 Å². The van der Waals surface area contributed by atoms with Crippen LogP contribution in [0.15, 0.2) is 24.3 Å². The monoisotopic (exact) mass is 375 g/mol. The third kappa shape index (κ3) is 5.06. The number of nitro groups is 1. The van der Waals surface area contributed by atoms with Crippen LogP contribution in [0.25, 0.3) is 0 Å². The fourth-order valence-corrected chi connectivity index (χ4v) is 3.98. The number of nitrogens with one attached hydrogen (secondary N) is 1. The Morgan fingerprint density at radius 3 is 2.17 bits per heavy atom. The lowest BCUT2D eigenvalue weighted by Gasteiger charge is -2.41. The van der Waals surface area contributed by atoms with Crippen LogP contribution in [0.2, 0.25) is 0 Å². The minimum atomic E-state index is -0.315. The van der Waals surface area contributed by atoms with Gasteiger partial charge in [0.05, 0.1) is 4.92 Å². The van der Waals surface area contributed by atoms with Crippen LogP contribution in [0.3, 0.4) is 0 Å². The molecule has 1 aliphatic heterocycles. The number of rotatable bonds is 4. The van der Waals surface area contributed by atoms with E-state index in [1.165, 1.54) is 37.7 Å². The Bertz CT molecular complexity index is 483. The maximum Gasteiger partial charge on any atom is 0.269 e. The van der Waals surface area contributed by atoms with Gasteiger partial charge in [0.2, 0.25) is 0 Å². The highest BCUT2D eigenvalue weighted by atomic mass is 35.5. The zero-order valence-corrected chi connectivity index (χ0v) is 15.5. The van der Waals surface area contributed by atoms with Crippen LogP contribution in [0.1, 0.15) is 43.7 Å². The maximum atomic E-state index is 10.9. The first-order chi connectivity index (χ1) is 10.8. The van der Waals surface area contributed by atoms with Crippen molar-refractivity contribution in [3.05, 3.63) is 39.9 Å². The first kappa shape index (κ1) is 21.2. The normalized spacial score (nSPS) is 20.5. The van der Waals surface area contributed by atoms with Crippen molar-refractivity contribution in [1.29, 1.82) is 0 Å². The highest BCUT2D eigenvalue weighted by Crippen LogP contribution is 2.38. The van der Waals surface area contributed by atoms with E-state index < -0.39 is 0 Å². The maximum absolute atomic E-state index is 10.9. The van der Waals surface area contributed by atoms with Crippen molar-refractivity contribution >= 4 is 30.5 Å². The average Bonchev–Trinajstić information content (AvgIpc) is 2.57. The van der Waals surface area contributed by atoms with Gasteiger partial charge in [0.25, 0.3) is 5.69 Å². The predicted octanol–water partition coefficient (Wildman–Crippen LogP) is 3.97. The van der Waals surface area contributed by atoms with Crippen LogP contribution in [0.4, 0.5) is 5.69 Å². The van der Waals surface area contributed by atoms with Gasteiger partial charge in [-0.1, -0.05) is 31.4 Å². The Morgan fingerprint density at radius 1 is 1.04 bits per heavy atom. The molecule has 1 aromatic carbocycles. The van der Waals surface area contributed by atoms with Gasteiger partial charge in [0, 0.05) is 44.4 Å². The van der Waals surface area contributed by atoms with Crippen molar-refractivity contribution in [3.8, 4) is 0 Å². The van der Waals surface area contributed by atoms with Gasteiger partial charge >= 0.3 is 0 Å². The molecule has 0 bridgehead atoms. The molecule has 0 aromatic heterocycles. The van der Waals surface area contributed by atoms with E-state index >= 15 is 0 Å². The van der Waals surface area contributed by atoms with E-state index in [4.69, 9.17) is 0 Å². The van der Waals surface area contributed by atoms with E-state index in [1.807, 2.05) is 12.1 Å². The second kappa shape index (κ2) is 10.2. The first-order valence-electron chi connectivity index (χ1n) is 8.45. The highest BCUT2D eigenvalue weighted by Gasteiger charge is 2.31. The van der Waals surface area contributed by atoms with Crippen molar-refractivity contribution in [2.45, 2.75) is 38.1 Å². The number of halogens is 2.